The zero-order chi connectivity index (χ0) is 19.6. The first-order valence-corrected chi connectivity index (χ1v) is 8.82. The van der Waals surface area contributed by atoms with Crippen molar-refractivity contribution in [1.29, 1.82) is 5.26 Å². The summed E-state index contributed by atoms with van der Waals surface area (Å²) in [4.78, 5) is 0. The summed E-state index contributed by atoms with van der Waals surface area (Å²) in [5.74, 6) is 0. The third-order valence-electron chi connectivity index (χ3n) is 4.68. The first-order chi connectivity index (χ1) is 12.9. The zero-order valence-corrected chi connectivity index (χ0v) is 15.4. The Kier molecular flexibility index (Phi) is 6.12. The largest absolute Gasteiger partial charge is 0.387 e. The van der Waals surface area contributed by atoms with Crippen LogP contribution in [-0.2, 0) is 15.9 Å². The van der Waals surface area contributed by atoms with Gasteiger partial charge in [-0.3, -0.25) is 0 Å². The number of benzene rings is 2. The molecule has 0 aliphatic carbocycles. The van der Waals surface area contributed by atoms with Crippen LogP contribution < -0.4 is 0 Å². The van der Waals surface area contributed by atoms with E-state index in [9.17, 15) is 15.3 Å². The van der Waals surface area contributed by atoms with Crippen LogP contribution in [0.15, 0.2) is 42.5 Å². The van der Waals surface area contributed by atoms with E-state index in [1.165, 1.54) is 7.11 Å². The molecular formula is C20H20ClNO5. The van der Waals surface area contributed by atoms with Gasteiger partial charge < -0.3 is 24.8 Å². The van der Waals surface area contributed by atoms with Crippen LogP contribution in [0.2, 0.25) is 5.02 Å². The molecule has 0 bridgehead atoms. The number of rotatable bonds is 4. The van der Waals surface area contributed by atoms with Crippen molar-refractivity contribution in [2.24, 2.45) is 0 Å². The molecule has 0 saturated carbocycles. The molecule has 1 fully saturated rings. The highest BCUT2D eigenvalue weighted by molar-refractivity contribution is 6.31. The van der Waals surface area contributed by atoms with Gasteiger partial charge in [0.25, 0.3) is 0 Å². The molecule has 27 heavy (non-hydrogen) atoms. The topological polar surface area (TPSA) is 103 Å². The maximum absolute atomic E-state index is 10.3. The van der Waals surface area contributed by atoms with Crippen LogP contribution in [0.1, 0.15) is 28.4 Å². The normalized spacial score (nSPS) is 27.9. The number of nitriles is 1. The van der Waals surface area contributed by atoms with E-state index in [0.717, 1.165) is 11.1 Å². The van der Waals surface area contributed by atoms with Gasteiger partial charge in [-0.05, 0) is 41.3 Å². The van der Waals surface area contributed by atoms with Crippen LogP contribution in [0, 0.1) is 11.3 Å². The Labute approximate surface area is 162 Å². The summed E-state index contributed by atoms with van der Waals surface area (Å²) >= 11 is 6.32. The van der Waals surface area contributed by atoms with Crippen LogP contribution in [0.3, 0.4) is 0 Å². The van der Waals surface area contributed by atoms with Gasteiger partial charge in [0.15, 0.2) is 6.29 Å². The zero-order valence-electron chi connectivity index (χ0n) is 14.6. The smallest absolute Gasteiger partial charge is 0.186 e. The van der Waals surface area contributed by atoms with Gasteiger partial charge in [-0.2, -0.15) is 5.26 Å². The lowest BCUT2D eigenvalue weighted by Gasteiger charge is -2.40. The van der Waals surface area contributed by atoms with Gasteiger partial charge in [0.1, 0.15) is 24.4 Å². The molecule has 1 aliphatic heterocycles. The Morgan fingerprint density at radius 1 is 1.07 bits per heavy atom. The second-order valence-corrected chi connectivity index (χ2v) is 6.88. The van der Waals surface area contributed by atoms with E-state index in [0.29, 0.717) is 22.6 Å². The van der Waals surface area contributed by atoms with E-state index in [1.54, 1.807) is 30.3 Å². The molecule has 2 aromatic rings. The lowest BCUT2D eigenvalue weighted by molar-refractivity contribution is -0.292. The molecule has 1 aliphatic rings. The molecule has 3 N–H and O–H groups in total. The molecule has 0 amide bonds. The van der Waals surface area contributed by atoms with E-state index in [2.05, 4.69) is 6.07 Å². The van der Waals surface area contributed by atoms with Crippen LogP contribution in [0.5, 0.6) is 0 Å². The monoisotopic (exact) mass is 389 g/mol. The van der Waals surface area contributed by atoms with Gasteiger partial charge in [-0.15, -0.1) is 0 Å². The number of hydrogen-bond donors (Lipinski definition) is 3. The van der Waals surface area contributed by atoms with Crippen molar-refractivity contribution in [3.05, 3.63) is 69.7 Å². The van der Waals surface area contributed by atoms with Crippen molar-refractivity contribution in [2.75, 3.05) is 7.11 Å². The number of methoxy groups -OCH3 is 1. The number of hydrogen-bond acceptors (Lipinski definition) is 6. The number of aliphatic hydroxyl groups is 3. The minimum atomic E-state index is -1.40. The highest BCUT2D eigenvalue weighted by Gasteiger charge is 2.44. The van der Waals surface area contributed by atoms with E-state index < -0.39 is 30.7 Å². The molecular weight excluding hydrogens is 370 g/mol. The van der Waals surface area contributed by atoms with Gasteiger partial charge in [0, 0.05) is 12.1 Å². The fourth-order valence-electron chi connectivity index (χ4n) is 3.14. The molecule has 3 rings (SSSR count). The molecule has 7 heteroatoms. The molecule has 0 spiro atoms. The molecule has 6 nitrogen and oxygen atoms in total. The van der Waals surface area contributed by atoms with E-state index >= 15 is 0 Å². The van der Waals surface area contributed by atoms with E-state index in [-0.39, 0.29) is 0 Å². The summed E-state index contributed by atoms with van der Waals surface area (Å²) in [6.45, 7) is 0. The fraction of sp³-hybridized carbons (Fsp3) is 0.350. The number of ether oxygens (including phenoxy) is 2. The number of halogens is 1. The summed E-state index contributed by atoms with van der Waals surface area (Å²) in [7, 11) is 1.35. The maximum Gasteiger partial charge on any atom is 0.186 e. The Morgan fingerprint density at radius 3 is 2.41 bits per heavy atom. The molecule has 0 aromatic heterocycles. The van der Waals surface area contributed by atoms with Gasteiger partial charge in [-0.25, -0.2) is 0 Å². The molecule has 5 atom stereocenters. The van der Waals surface area contributed by atoms with Crippen molar-refractivity contribution >= 4 is 11.6 Å². The Balaban J connectivity index is 1.86. The van der Waals surface area contributed by atoms with Crippen LogP contribution in [0.4, 0.5) is 0 Å². The van der Waals surface area contributed by atoms with E-state index in [1.807, 2.05) is 12.1 Å². The van der Waals surface area contributed by atoms with E-state index in [4.69, 9.17) is 26.3 Å². The highest BCUT2D eigenvalue weighted by Crippen LogP contribution is 2.34. The quantitative estimate of drug-likeness (QED) is 0.738. The summed E-state index contributed by atoms with van der Waals surface area (Å²) in [6.07, 6.45) is -5.44. The van der Waals surface area contributed by atoms with Crippen molar-refractivity contribution in [3.63, 3.8) is 0 Å². The maximum atomic E-state index is 10.3. The van der Waals surface area contributed by atoms with Crippen LogP contribution in [0.25, 0.3) is 0 Å². The highest BCUT2D eigenvalue weighted by atomic mass is 35.5. The lowest BCUT2D eigenvalue weighted by atomic mass is 9.92. The molecule has 1 heterocycles. The predicted molar refractivity (Wildman–Crippen MR) is 98.1 cm³/mol. The Hall–Kier alpha value is -1.98. The van der Waals surface area contributed by atoms with Crippen molar-refractivity contribution in [1.82, 2.24) is 0 Å². The Bertz CT molecular complexity index is 833. The first-order valence-electron chi connectivity index (χ1n) is 8.44. The Morgan fingerprint density at radius 2 is 1.78 bits per heavy atom. The first kappa shape index (κ1) is 19.8. The van der Waals surface area contributed by atoms with Gasteiger partial charge in [0.05, 0.1) is 11.6 Å². The van der Waals surface area contributed by atoms with Crippen LogP contribution >= 0.6 is 11.6 Å². The van der Waals surface area contributed by atoms with Gasteiger partial charge in [0.2, 0.25) is 0 Å². The molecule has 1 saturated heterocycles. The van der Waals surface area contributed by atoms with Crippen molar-refractivity contribution < 1.29 is 24.8 Å². The lowest BCUT2D eigenvalue weighted by Crippen LogP contribution is -2.54. The molecule has 5 unspecified atom stereocenters. The second kappa shape index (κ2) is 8.36. The molecule has 0 radical (unpaired) electrons. The van der Waals surface area contributed by atoms with Gasteiger partial charge in [-0.1, -0.05) is 35.9 Å². The minimum Gasteiger partial charge on any atom is -0.387 e. The average Bonchev–Trinajstić information content (AvgIpc) is 2.69. The third-order valence-corrected chi connectivity index (χ3v) is 5.05. The number of nitrogens with zero attached hydrogens (tertiary/aromatic N) is 1. The predicted octanol–water partition coefficient (Wildman–Crippen LogP) is 1.93. The molecule has 142 valence electrons. The summed E-state index contributed by atoms with van der Waals surface area (Å²) in [5.41, 5.74) is 2.98. The van der Waals surface area contributed by atoms with Crippen molar-refractivity contribution in [3.8, 4) is 6.07 Å². The van der Waals surface area contributed by atoms with Crippen LogP contribution in [-0.4, -0.2) is 47.0 Å². The fourth-order valence-corrected chi connectivity index (χ4v) is 3.33. The summed E-state index contributed by atoms with van der Waals surface area (Å²) < 4.78 is 10.7. The van der Waals surface area contributed by atoms with Gasteiger partial charge >= 0.3 is 0 Å². The second-order valence-electron chi connectivity index (χ2n) is 6.47. The molecule has 2 aromatic carbocycles. The third kappa shape index (κ3) is 4.14. The SMILES string of the molecule is COC1OC(c2ccc(Cl)c(Cc3ccc(C#N)cc3)c2)C(O)C(O)C1O. The van der Waals surface area contributed by atoms with Crippen molar-refractivity contribution in [2.45, 2.75) is 37.1 Å². The standard InChI is InChI=1S/C20H20ClNO5/c1-26-20-18(25)16(23)17(24)19(27-20)13-6-7-15(21)14(9-13)8-11-2-4-12(10-22)5-3-11/h2-7,9,16-20,23-25H,8H2,1H3. The summed E-state index contributed by atoms with van der Waals surface area (Å²) in [6, 6.07) is 14.5. The summed E-state index contributed by atoms with van der Waals surface area (Å²) in [5, 5.41) is 39.8. The number of aliphatic hydroxyl groups excluding tert-OH is 3. The average molecular weight is 390 g/mol. The minimum absolute atomic E-state index is 0.528.